The van der Waals surface area contributed by atoms with E-state index in [1.807, 2.05) is 56.3 Å². The molecule has 4 bridgehead atoms. The number of Topliss-reactive ketones (excluding diaryl/α,β-unsaturated/α-hetero) is 1. The molecule has 2 saturated carbocycles. The summed E-state index contributed by atoms with van der Waals surface area (Å²) in [5, 5.41) is 15.6. The third-order valence-electron chi connectivity index (χ3n) is 10.9. The number of hydrogen-bond acceptors (Lipinski definition) is 7. The minimum Gasteiger partial charge on any atom is -0.458 e. The first-order chi connectivity index (χ1) is 23.3. The first-order valence-electron chi connectivity index (χ1n) is 17.3. The number of hydrogen-bond donors (Lipinski definition) is 2. The summed E-state index contributed by atoms with van der Waals surface area (Å²) in [6.07, 6.45) is -0.0947. The average Bonchev–Trinajstić information content (AvgIpc) is 3.53. The normalized spacial score (nSPS) is 27.2. The fourth-order valence-electron chi connectivity index (χ4n) is 9.11. The van der Waals surface area contributed by atoms with Gasteiger partial charge in [0.25, 0.3) is 0 Å². The van der Waals surface area contributed by atoms with Crippen LogP contribution in [0.3, 0.4) is 0 Å². The molecule has 256 valence electrons. The Morgan fingerprint density at radius 1 is 0.918 bits per heavy atom. The number of benzene rings is 3. The van der Waals surface area contributed by atoms with Crippen LogP contribution in [0, 0.1) is 17.8 Å². The Balaban J connectivity index is 1.21. The molecule has 0 aromatic heterocycles. The van der Waals surface area contributed by atoms with Crippen molar-refractivity contribution < 1.29 is 33.8 Å². The predicted octanol–water partition coefficient (Wildman–Crippen LogP) is 5.73. The highest BCUT2D eigenvalue weighted by Gasteiger charge is 2.83. The summed E-state index contributed by atoms with van der Waals surface area (Å²) < 4.78 is 11.8. The van der Waals surface area contributed by atoms with Crippen LogP contribution in [0.4, 0.5) is 4.79 Å². The highest BCUT2D eigenvalue weighted by atomic mass is 16.6. The maximum atomic E-state index is 14.9. The third-order valence-corrected chi connectivity index (χ3v) is 10.9. The number of carbonyl (C=O) groups is 4. The number of carbonyl (C=O) groups excluding carboxylic acids is 4. The fraction of sp³-hybridized carbons (Fsp3) is 0.450. The van der Waals surface area contributed by atoms with Crippen LogP contribution in [-0.4, -0.2) is 63.6 Å². The van der Waals surface area contributed by atoms with Crippen molar-refractivity contribution >= 4 is 23.8 Å². The summed E-state index contributed by atoms with van der Waals surface area (Å²) in [5.74, 6) is -3.29. The summed E-state index contributed by atoms with van der Waals surface area (Å²) in [4.78, 5) is 58.3. The number of aliphatic hydroxyl groups is 1. The molecule has 2 aliphatic heterocycles. The fourth-order valence-corrected chi connectivity index (χ4v) is 9.11. The van der Waals surface area contributed by atoms with E-state index in [0.29, 0.717) is 5.56 Å². The summed E-state index contributed by atoms with van der Waals surface area (Å²) in [6.45, 7) is 9.07. The Morgan fingerprint density at radius 3 is 2.10 bits per heavy atom. The van der Waals surface area contributed by atoms with Crippen LogP contribution >= 0.6 is 0 Å². The molecule has 3 aromatic carbocycles. The number of fused-ring (bicyclic) bond motifs is 3. The van der Waals surface area contributed by atoms with Crippen molar-refractivity contribution in [2.45, 2.75) is 88.6 Å². The lowest BCUT2D eigenvalue weighted by molar-refractivity contribution is -0.207. The first kappa shape index (κ1) is 33.0. The first-order valence-corrected chi connectivity index (χ1v) is 17.3. The molecule has 9 nitrogen and oxygen atoms in total. The van der Waals surface area contributed by atoms with Crippen molar-refractivity contribution in [2.24, 2.45) is 17.8 Å². The van der Waals surface area contributed by atoms with Crippen LogP contribution in [0.5, 0.6) is 0 Å². The second-order valence-electron chi connectivity index (χ2n) is 15.4. The molecule has 8 rings (SSSR count). The zero-order valence-electron chi connectivity index (χ0n) is 28.6. The van der Waals surface area contributed by atoms with E-state index in [0.717, 1.165) is 22.3 Å². The van der Waals surface area contributed by atoms with Gasteiger partial charge in [-0.25, -0.2) is 9.59 Å². The Kier molecular flexibility index (Phi) is 7.97. The average molecular weight is 665 g/mol. The van der Waals surface area contributed by atoms with Gasteiger partial charge >= 0.3 is 12.1 Å². The number of nitrogens with zero attached hydrogens (tertiary/aromatic N) is 1. The number of ether oxygens (including phenoxy) is 2. The number of piperidine rings is 1. The van der Waals surface area contributed by atoms with Crippen molar-refractivity contribution in [3.05, 3.63) is 95.6 Å². The lowest BCUT2D eigenvalue weighted by atomic mass is 9.68. The van der Waals surface area contributed by atoms with Gasteiger partial charge in [0, 0.05) is 5.92 Å². The van der Waals surface area contributed by atoms with Gasteiger partial charge < -0.3 is 24.8 Å². The smallest absolute Gasteiger partial charge is 0.407 e. The molecule has 4 fully saturated rings. The second-order valence-corrected chi connectivity index (χ2v) is 15.4. The standard InChI is InChI=1S/C40H44N2O7/c1-23(2)19-32(41-37(46)48-22-30-28-17-11-9-15-26(28)27-16-10-12-18-29(27)30)35(44)42-33-21-25-20-31(34(33)43)39(42,36(45)49-38(3,4)5)40(25,47)24-13-7-6-8-14-24/h6-18,23,25,30-33,47H,19-22H2,1-5H3,(H,41,46). The summed E-state index contributed by atoms with van der Waals surface area (Å²) in [5.41, 5.74) is -0.0694. The van der Waals surface area contributed by atoms with Crippen molar-refractivity contribution in [3.63, 3.8) is 0 Å². The van der Waals surface area contributed by atoms with Crippen LogP contribution in [0.15, 0.2) is 78.9 Å². The van der Waals surface area contributed by atoms with Gasteiger partial charge in [-0.05, 0) is 79.7 Å². The summed E-state index contributed by atoms with van der Waals surface area (Å²) in [6, 6.07) is 22.8. The van der Waals surface area contributed by atoms with E-state index in [1.165, 1.54) is 4.90 Å². The van der Waals surface area contributed by atoms with Crippen molar-refractivity contribution in [1.29, 1.82) is 0 Å². The van der Waals surface area contributed by atoms with Gasteiger partial charge in [0.2, 0.25) is 5.91 Å². The SMILES string of the molecule is CC(C)CC(NC(=O)OCC1c2ccccc2-c2ccccc21)C(=O)N1C2CC3CC(C2=O)C1(C(=O)OC(C)(C)C)C3(O)c1ccccc1. The quantitative estimate of drug-likeness (QED) is 0.295. The molecular formula is C40H44N2O7. The Morgan fingerprint density at radius 2 is 1.51 bits per heavy atom. The van der Waals surface area contributed by atoms with Gasteiger partial charge in [-0.15, -0.1) is 0 Å². The molecule has 3 aliphatic carbocycles. The van der Waals surface area contributed by atoms with Gasteiger partial charge in [-0.2, -0.15) is 0 Å². The van der Waals surface area contributed by atoms with Crippen molar-refractivity contribution in [1.82, 2.24) is 10.2 Å². The number of amides is 2. The summed E-state index contributed by atoms with van der Waals surface area (Å²) in [7, 11) is 0. The molecule has 2 saturated heterocycles. The molecule has 3 aromatic rings. The van der Waals surface area contributed by atoms with Crippen LogP contribution in [0.1, 0.15) is 76.5 Å². The lowest BCUT2D eigenvalue weighted by Crippen LogP contribution is -2.73. The molecule has 2 N–H and O–H groups in total. The highest BCUT2D eigenvalue weighted by molar-refractivity contribution is 6.07. The molecule has 0 spiro atoms. The molecule has 2 amide bonds. The molecule has 49 heavy (non-hydrogen) atoms. The largest absolute Gasteiger partial charge is 0.458 e. The Bertz CT molecular complexity index is 1770. The zero-order valence-corrected chi connectivity index (χ0v) is 28.6. The lowest BCUT2D eigenvalue weighted by Gasteiger charge is -2.53. The van der Waals surface area contributed by atoms with Crippen LogP contribution in [0.2, 0.25) is 0 Å². The minimum atomic E-state index is -2.00. The zero-order chi connectivity index (χ0) is 34.9. The van der Waals surface area contributed by atoms with E-state index < -0.39 is 58.6 Å². The van der Waals surface area contributed by atoms with Crippen molar-refractivity contribution in [2.75, 3.05) is 6.61 Å². The molecule has 6 atom stereocenters. The van der Waals surface area contributed by atoms with Crippen LogP contribution in [0.25, 0.3) is 11.1 Å². The maximum Gasteiger partial charge on any atom is 0.407 e. The molecule has 2 heterocycles. The van der Waals surface area contributed by atoms with E-state index in [1.54, 1.807) is 45.0 Å². The molecular weight excluding hydrogens is 620 g/mol. The van der Waals surface area contributed by atoms with E-state index in [9.17, 15) is 24.3 Å². The third kappa shape index (κ3) is 4.99. The number of ketones is 1. The van der Waals surface area contributed by atoms with Gasteiger partial charge in [0.15, 0.2) is 11.3 Å². The van der Waals surface area contributed by atoms with Crippen LogP contribution in [-0.2, 0) is 29.5 Å². The maximum absolute atomic E-state index is 14.9. The number of alkyl carbamates (subject to hydrolysis) is 1. The second kappa shape index (κ2) is 11.8. The van der Waals surface area contributed by atoms with Crippen LogP contribution < -0.4 is 5.32 Å². The number of rotatable bonds is 8. The van der Waals surface area contributed by atoms with E-state index in [4.69, 9.17) is 9.47 Å². The molecule has 0 radical (unpaired) electrons. The van der Waals surface area contributed by atoms with Gasteiger partial charge in [-0.3, -0.25) is 9.59 Å². The number of esters is 1. The van der Waals surface area contributed by atoms with Gasteiger partial charge in [-0.1, -0.05) is 92.7 Å². The van der Waals surface area contributed by atoms with E-state index in [2.05, 4.69) is 17.4 Å². The van der Waals surface area contributed by atoms with Gasteiger partial charge in [0.05, 0.1) is 12.0 Å². The number of nitrogens with one attached hydrogen (secondary N) is 1. The van der Waals surface area contributed by atoms with E-state index in [-0.39, 0.29) is 43.5 Å². The van der Waals surface area contributed by atoms with Crippen molar-refractivity contribution in [3.8, 4) is 11.1 Å². The topological polar surface area (TPSA) is 122 Å². The molecule has 6 unspecified atom stereocenters. The predicted molar refractivity (Wildman–Crippen MR) is 182 cm³/mol. The minimum absolute atomic E-state index is 0.0415. The van der Waals surface area contributed by atoms with Gasteiger partial charge in [0.1, 0.15) is 23.9 Å². The Labute approximate surface area is 287 Å². The summed E-state index contributed by atoms with van der Waals surface area (Å²) >= 11 is 0. The van der Waals surface area contributed by atoms with E-state index >= 15 is 0 Å². The molecule has 5 aliphatic rings. The molecule has 9 heteroatoms. The Hall–Kier alpha value is -4.50. The monoisotopic (exact) mass is 664 g/mol. The highest BCUT2D eigenvalue weighted by Crippen LogP contribution is 2.67.